The van der Waals surface area contributed by atoms with Crippen molar-refractivity contribution < 1.29 is 22.3 Å². The van der Waals surface area contributed by atoms with Crippen LogP contribution in [0.4, 0.5) is 4.39 Å². The molecule has 1 heterocycles. The lowest BCUT2D eigenvalue weighted by molar-refractivity contribution is -0.140. The average Bonchev–Trinajstić information content (AvgIpc) is 3.05. The number of hydrogen-bond acceptors (Lipinski definition) is 4. The predicted octanol–water partition coefficient (Wildman–Crippen LogP) is 3.37. The van der Waals surface area contributed by atoms with E-state index in [2.05, 4.69) is 6.92 Å². The summed E-state index contributed by atoms with van der Waals surface area (Å²) >= 11 is 0. The van der Waals surface area contributed by atoms with Gasteiger partial charge in [-0.05, 0) is 55.2 Å². The maximum absolute atomic E-state index is 13.6. The number of hydrogen-bond donors (Lipinski definition) is 0. The predicted molar refractivity (Wildman–Crippen MR) is 110 cm³/mol. The molecule has 1 saturated heterocycles. The van der Waals surface area contributed by atoms with Crippen molar-refractivity contribution in [1.29, 1.82) is 0 Å². The molecule has 2 atom stereocenters. The van der Waals surface area contributed by atoms with E-state index >= 15 is 0 Å². The average molecular weight is 420 g/mol. The van der Waals surface area contributed by atoms with E-state index < -0.39 is 27.8 Å². The van der Waals surface area contributed by atoms with Crippen LogP contribution in [0, 0.1) is 5.82 Å². The van der Waals surface area contributed by atoms with E-state index in [-0.39, 0.29) is 24.0 Å². The minimum absolute atomic E-state index is 0.0539. The van der Waals surface area contributed by atoms with E-state index in [0.29, 0.717) is 17.7 Å². The molecule has 1 fully saturated rings. The minimum Gasteiger partial charge on any atom is -0.481 e. The van der Waals surface area contributed by atoms with Crippen LogP contribution >= 0.6 is 0 Å². The Labute approximate surface area is 171 Å². The Morgan fingerprint density at radius 3 is 2.52 bits per heavy atom. The van der Waals surface area contributed by atoms with E-state index in [1.54, 1.807) is 19.1 Å². The lowest BCUT2D eigenvalue weighted by Gasteiger charge is -2.31. The zero-order valence-corrected chi connectivity index (χ0v) is 17.5. The fourth-order valence-corrected chi connectivity index (χ4v) is 5.26. The van der Waals surface area contributed by atoms with E-state index in [1.165, 1.54) is 22.6 Å². The fourth-order valence-electron chi connectivity index (χ4n) is 3.53. The molecular formula is C22H26FNO4S. The highest BCUT2D eigenvalue weighted by Crippen LogP contribution is 2.23. The number of sulfone groups is 1. The number of aryl methyl sites for hydroxylation is 1. The Balaban J connectivity index is 1.78. The quantitative estimate of drug-likeness (QED) is 0.690. The van der Waals surface area contributed by atoms with Crippen LogP contribution in [0.2, 0.25) is 0 Å². The number of carbonyl (C=O) groups excluding carboxylic acids is 1. The number of rotatable bonds is 7. The van der Waals surface area contributed by atoms with Crippen molar-refractivity contribution in [3.63, 3.8) is 0 Å². The molecule has 2 aromatic carbocycles. The second-order valence-corrected chi connectivity index (χ2v) is 9.64. The molecule has 0 saturated carbocycles. The second-order valence-electron chi connectivity index (χ2n) is 7.41. The number of benzene rings is 2. The molecule has 0 bridgehead atoms. The summed E-state index contributed by atoms with van der Waals surface area (Å²) < 4.78 is 43.4. The number of halogens is 1. The molecule has 156 valence electrons. The molecule has 3 rings (SSSR count). The second kappa shape index (κ2) is 8.95. The van der Waals surface area contributed by atoms with E-state index in [0.717, 1.165) is 6.42 Å². The zero-order chi connectivity index (χ0) is 21.0. The molecule has 0 unspecified atom stereocenters. The molecule has 0 aliphatic carbocycles. The van der Waals surface area contributed by atoms with Gasteiger partial charge in [-0.2, -0.15) is 0 Å². The Morgan fingerprint density at radius 1 is 1.21 bits per heavy atom. The summed E-state index contributed by atoms with van der Waals surface area (Å²) in [7, 11) is -3.18. The van der Waals surface area contributed by atoms with Crippen LogP contribution in [0.3, 0.4) is 0 Å². The van der Waals surface area contributed by atoms with Crippen LogP contribution in [0.25, 0.3) is 0 Å². The molecule has 7 heteroatoms. The Hall–Kier alpha value is -2.41. The van der Waals surface area contributed by atoms with Gasteiger partial charge in [-0.3, -0.25) is 4.79 Å². The highest BCUT2D eigenvalue weighted by molar-refractivity contribution is 7.91. The Morgan fingerprint density at radius 2 is 1.93 bits per heavy atom. The number of carbonyl (C=O) groups is 1. The van der Waals surface area contributed by atoms with Gasteiger partial charge in [0.25, 0.3) is 5.91 Å². The first-order chi connectivity index (χ1) is 13.8. The van der Waals surface area contributed by atoms with Crippen LogP contribution in [0.15, 0.2) is 48.5 Å². The Kier molecular flexibility index (Phi) is 6.57. The van der Waals surface area contributed by atoms with Crippen LogP contribution in [0.1, 0.15) is 31.4 Å². The zero-order valence-electron chi connectivity index (χ0n) is 16.7. The van der Waals surface area contributed by atoms with E-state index in [9.17, 15) is 17.6 Å². The summed E-state index contributed by atoms with van der Waals surface area (Å²) in [5.74, 6) is -0.150. The molecule has 1 aliphatic rings. The molecule has 0 radical (unpaired) electrons. The monoisotopic (exact) mass is 419 g/mol. The van der Waals surface area contributed by atoms with Crippen molar-refractivity contribution in [2.75, 3.05) is 11.5 Å². The molecule has 0 spiro atoms. The molecule has 2 aromatic rings. The van der Waals surface area contributed by atoms with Crippen molar-refractivity contribution in [3.8, 4) is 5.75 Å². The van der Waals surface area contributed by atoms with Gasteiger partial charge in [0.05, 0.1) is 11.5 Å². The molecule has 1 aliphatic heterocycles. The molecule has 0 aromatic heterocycles. The van der Waals surface area contributed by atoms with Gasteiger partial charge in [0.15, 0.2) is 15.9 Å². The van der Waals surface area contributed by atoms with Crippen molar-refractivity contribution in [2.45, 2.75) is 45.4 Å². The highest BCUT2D eigenvalue weighted by Gasteiger charge is 2.36. The smallest absolute Gasteiger partial charge is 0.263 e. The van der Waals surface area contributed by atoms with Gasteiger partial charge in [0, 0.05) is 12.6 Å². The molecule has 5 nitrogen and oxygen atoms in total. The first-order valence-electron chi connectivity index (χ1n) is 9.78. The summed E-state index contributed by atoms with van der Waals surface area (Å²) in [6.07, 6.45) is 0.493. The van der Waals surface area contributed by atoms with Crippen molar-refractivity contribution >= 4 is 15.7 Å². The summed E-state index contributed by atoms with van der Waals surface area (Å²) in [4.78, 5) is 14.7. The van der Waals surface area contributed by atoms with Gasteiger partial charge in [0.1, 0.15) is 11.6 Å². The summed E-state index contributed by atoms with van der Waals surface area (Å²) in [6.45, 7) is 3.85. The molecule has 0 N–H and O–H groups in total. The van der Waals surface area contributed by atoms with Crippen LogP contribution in [-0.4, -0.2) is 42.9 Å². The molecular weight excluding hydrogens is 393 g/mol. The van der Waals surface area contributed by atoms with Crippen LogP contribution < -0.4 is 4.74 Å². The third kappa shape index (κ3) is 5.56. The van der Waals surface area contributed by atoms with Crippen molar-refractivity contribution in [2.24, 2.45) is 0 Å². The first-order valence-corrected chi connectivity index (χ1v) is 11.6. The topological polar surface area (TPSA) is 63.7 Å². The standard InChI is InChI=1S/C22H26FNO4S/c1-3-17-7-9-21(10-8-17)28-16(2)22(25)24(20-11-12-29(26,27)15-20)14-18-5-4-6-19(23)13-18/h4-10,13,16,20H,3,11-12,14-15H2,1-2H3/t16-,20-/m0/s1. The Bertz CT molecular complexity index is 959. The van der Waals surface area contributed by atoms with E-state index in [4.69, 9.17) is 4.74 Å². The van der Waals surface area contributed by atoms with Gasteiger partial charge in [-0.25, -0.2) is 12.8 Å². The third-order valence-corrected chi connectivity index (χ3v) is 6.92. The molecule has 29 heavy (non-hydrogen) atoms. The van der Waals surface area contributed by atoms with Gasteiger partial charge in [-0.15, -0.1) is 0 Å². The minimum atomic E-state index is -3.18. The van der Waals surface area contributed by atoms with E-state index in [1.807, 2.05) is 24.3 Å². The molecule has 1 amide bonds. The van der Waals surface area contributed by atoms with Crippen molar-refractivity contribution in [1.82, 2.24) is 4.90 Å². The van der Waals surface area contributed by atoms with Gasteiger partial charge < -0.3 is 9.64 Å². The number of nitrogens with zero attached hydrogens (tertiary/aromatic N) is 1. The van der Waals surface area contributed by atoms with Gasteiger partial charge in [0.2, 0.25) is 0 Å². The summed E-state index contributed by atoms with van der Waals surface area (Å²) in [5, 5.41) is 0. The number of ether oxygens (including phenoxy) is 1. The number of amides is 1. The highest BCUT2D eigenvalue weighted by atomic mass is 32.2. The lowest BCUT2D eigenvalue weighted by atomic mass is 10.1. The SMILES string of the molecule is CCc1ccc(O[C@@H](C)C(=O)N(Cc2cccc(F)c2)[C@H]2CCS(=O)(=O)C2)cc1. The normalized spacial score (nSPS) is 18.9. The van der Waals surface area contributed by atoms with Crippen LogP contribution in [0.5, 0.6) is 5.75 Å². The first kappa shape index (κ1) is 21.3. The van der Waals surface area contributed by atoms with Crippen LogP contribution in [-0.2, 0) is 27.6 Å². The summed E-state index contributed by atoms with van der Waals surface area (Å²) in [6, 6.07) is 13.1. The fraction of sp³-hybridized carbons (Fsp3) is 0.409. The van der Waals surface area contributed by atoms with Gasteiger partial charge in [-0.1, -0.05) is 31.2 Å². The maximum Gasteiger partial charge on any atom is 0.263 e. The maximum atomic E-state index is 13.6. The largest absolute Gasteiger partial charge is 0.481 e. The van der Waals surface area contributed by atoms with Crippen molar-refractivity contribution in [3.05, 3.63) is 65.5 Å². The summed E-state index contributed by atoms with van der Waals surface area (Å²) in [5.41, 5.74) is 1.78. The van der Waals surface area contributed by atoms with Gasteiger partial charge >= 0.3 is 0 Å². The third-order valence-electron chi connectivity index (χ3n) is 5.17. The lowest BCUT2D eigenvalue weighted by Crippen LogP contribution is -2.46.